The quantitative estimate of drug-likeness (QED) is 0.676. The predicted octanol–water partition coefficient (Wildman–Crippen LogP) is 4.20. The van der Waals surface area contributed by atoms with Gasteiger partial charge in [0.15, 0.2) is 11.5 Å². The summed E-state index contributed by atoms with van der Waals surface area (Å²) in [5.74, 6) is 1.54. The van der Waals surface area contributed by atoms with Crippen LogP contribution in [-0.4, -0.2) is 36.6 Å². The van der Waals surface area contributed by atoms with Crippen LogP contribution in [-0.2, 0) is 0 Å². The van der Waals surface area contributed by atoms with Gasteiger partial charge in [0.25, 0.3) is 5.89 Å². The van der Waals surface area contributed by atoms with Gasteiger partial charge in [0, 0.05) is 0 Å². The molecule has 0 saturated carbocycles. The number of benzene rings is 2. The van der Waals surface area contributed by atoms with Gasteiger partial charge in [0.05, 0.1) is 26.9 Å². The van der Waals surface area contributed by atoms with Crippen LogP contribution in [0.4, 0.5) is 0 Å². The summed E-state index contributed by atoms with van der Waals surface area (Å²) < 4.78 is 20.8. The fraction of sp³-hybridized carbons (Fsp3) is 0.158. The summed E-state index contributed by atoms with van der Waals surface area (Å²) in [6.45, 7) is 0. The molecule has 0 unspecified atom stereocenters. The van der Waals surface area contributed by atoms with Gasteiger partial charge in [0.1, 0.15) is 10.8 Å². The number of hydrogen-bond donors (Lipinski definition) is 1. The number of aromatic hydroxyl groups is 1. The minimum atomic E-state index is -0.0930. The highest BCUT2D eigenvalue weighted by Gasteiger charge is 2.16. The van der Waals surface area contributed by atoms with Gasteiger partial charge >= 0.3 is 0 Å². The molecule has 27 heavy (non-hydrogen) atoms. The van der Waals surface area contributed by atoms with Crippen molar-refractivity contribution in [2.45, 2.75) is 0 Å². The minimum absolute atomic E-state index is 0.0930. The highest BCUT2D eigenvalue weighted by Crippen LogP contribution is 2.38. The summed E-state index contributed by atoms with van der Waals surface area (Å²) in [6.07, 6.45) is 1.60. The third-order valence-electron chi connectivity index (χ3n) is 3.77. The summed E-state index contributed by atoms with van der Waals surface area (Å²) >= 11 is 6.34. The Morgan fingerprint density at radius 2 is 1.67 bits per heavy atom. The second kappa shape index (κ2) is 8.01. The third kappa shape index (κ3) is 3.83. The van der Waals surface area contributed by atoms with E-state index in [9.17, 15) is 5.11 Å². The van der Waals surface area contributed by atoms with Gasteiger partial charge in [-0.2, -0.15) is 4.98 Å². The molecule has 0 atom stereocenters. The van der Waals surface area contributed by atoms with Crippen molar-refractivity contribution in [3.05, 3.63) is 47.9 Å². The largest absolute Gasteiger partial charge is 0.502 e. The number of aromatic nitrogens is 2. The van der Waals surface area contributed by atoms with Crippen molar-refractivity contribution in [1.29, 1.82) is 0 Å². The lowest BCUT2D eigenvalue weighted by Crippen LogP contribution is -1.90. The fourth-order valence-electron chi connectivity index (χ4n) is 2.46. The highest BCUT2D eigenvalue weighted by atomic mass is 35.5. The monoisotopic (exact) mass is 388 g/mol. The highest BCUT2D eigenvalue weighted by molar-refractivity contribution is 6.50. The SMILES string of the molecule is COc1ccccc1-c1noc(/C(Cl)=C/c2cc(OC)c(O)c(OC)c2)n1. The average molecular weight is 389 g/mol. The van der Waals surface area contributed by atoms with Gasteiger partial charge in [-0.1, -0.05) is 28.9 Å². The maximum absolute atomic E-state index is 9.99. The number of phenolic OH excluding ortho intramolecular Hbond substituents is 1. The van der Waals surface area contributed by atoms with Gasteiger partial charge in [-0.25, -0.2) is 0 Å². The molecule has 0 aliphatic carbocycles. The Balaban J connectivity index is 1.95. The lowest BCUT2D eigenvalue weighted by molar-refractivity contribution is 0.340. The van der Waals surface area contributed by atoms with Crippen LogP contribution in [0.1, 0.15) is 11.5 Å². The van der Waals surface area contributed by atoms with E-state index in [2.05, 4.69) is 10.1 Å². The van der Waals surface area contributed by atoms with Crippen LogP contribution in [0.25, 0.3) is 22.5 Å². The van der Waals surface area contributed by atoms with Crippen LogP contribution < -0.4 is 14.2 Å². The minimum Gasteiger partial charge on any atom is -0.502 e. The van der Waals surface area contributed by atoms with E-state index < -0.39 is 0 Å². The number of para-hydroxylation sites is 1. The van der Waals surface area contributed by atoms with Crippen molar-refractivity contribution < 1.29 is 23.8 Å². The Labute approximate surface area is 160 Å². The van der Waals surface area contributed by atoms with E-state index in [1.165, 1.54) is 14.2 Å². The summed E-state index contributed by atoms with van der Waals surface area (Å²) in [7, 11) is 4.46. The zero-order valence-electron chi connectivity index (χ0n) is 14.9. The molecule has 0 amide bonds. The maximum atomic E-state index is 9.99. The molecular formula is C19H17ClN2O5. The molecule has 0 bridgehead atoms. The van der Waals surface area contributed by atoms with Gasteiger partial charge < -0.3 is 23.8 Å². The molecule has 1 N–H and O–H groups in total. The predicted molar refractivity (Wildman–Crippen MR) is 101 cm³/mol. The summed E-state index contributed by atoms with van der Waals surface area (Å²) in [6, 6.07) is 10.5. The van der Waals surface area contributed by atoms with Crippen LogP contribution in [0, 0.1) is 0 Å². The van der Waals surface area contributed by atoms with E-state index in [-0.39, 0.29) is 28.2 Å². The molecule has 0 spiro atoms. The van der Waals surface area contributed by atoms with Crippen LogP contribution in [0.2, 0.25) is 0 Å². The van der Waals surface area contributed by atoms with Gasteiger partial charge in [-0.05, 0) is 35.9 Å². The van der Waals surface area contributed by atoms with Crippen molar-refractivity contribution in [2.24, 2.45) is 0 Å². The molecule has 1 heterocycles. The number of hydrogen-bond acceptors (Lipinski definition) is 7. The smallest absolute Gasteiger partial charge is 0.269 e. The molecule has 1 aromatic heterocycles. The molecule has 8 heteroatoms. The second-order valence-corrected chi connectivity index (χ2v) is 5.80. The summed E-state index contributed by atoms with van der Waals surface area (Å²) in [5.41, 5.74) is 1.32. The lowest BCUT2D eigenvalue weighted by Gasteiger charge is -2.09. The molecule has 2 aromatic carbocycles. The zero-order valence-corrected chi connectivity index (χ0v) is 15.6. The molecule has 0 fully saturated rings. The second-order valence-electron chi connectivity index (χ2n) is 5.39. The number of methoxy groups -OCH3 is 3. The molecule has 140 valence electrons. The van der Waals surface area contributed by atoms with Crippen LogP contribution in [0.15, 0.2) is 40.9 Å². The number of nitrogens with zero attached hydrogens (tertiary/aromatic N) is 2. The van der Waals surface area contributed by atoms with Crippen LogP contribution in [0.5, 0.6) is 23.0 Å². The Morgan fingerprint density at radius 1 is 1.04 bits per heavy atom. The van der Waals surface area contributed by atoms with Crippen LogP contribution in [0.3, 0.4) is 0 Å². The number of ether oxygens (including phenoxy) is 3. The number of rotatable bonds is 6. The first-order valence-electron chi connectivity index (χ1n) is 7.87. The first-order chi connectivity index (χ1) is 13.1. The normalized spacial score (nSPS) is 11.3. The Bertz CT molecular complexity index is 959. The Hall–Kier alpha value is -3.19. The van der Waals surface area contributed by atoms with E-state index in [1.807, 2.05) is 18.2 Å². The van der Waals surface area contributed by atoms with Crippen molar-refractivity contribution in [1.82, 2.24) is 10.1 Å². The van der Waals surface area contributed by atoms with E-state index in [1.54, 1.807) is 31.4 Å². The van der Waals surface area contributed by atoms with Crippen molar-refractivity contribution >= 4 is 22.7 Å². The first-order valence-corrected chi connectivity index (χ1v) is 8.24. The molecule has 0 saturated heterocycles. The van der Waals surface area contributed by atoms with Gasteiger partial charge in [-0.3, -0.25) is 0 Å². The maximum Gasteiger partial charge on any atom is 0.269 e. The lowest BCUT2D eigenvalue weighted by atomic mass is 10.1. The van der Waals surface area contributed by atoms with Crippen molar-refractivity contribution in [2.75, 3.05) is 21.3 Å². The molecular weight excluding hydrogens is 372 g/mol. The zero-order chi connectivity index (χ0) is 19.4. The van der Waals surface area contributed by atoms with Gasteiger partial charge in [0.2, 0.25) is 11.6 Å². The third-order valence-corrected chi connectivity index (χ3v) is 4.04. The molecule has 0 aliphatic heterocycles. The molecule has 0 radical (unpaired) electrons. The van der Waals surface area contributed by atoms with E-state index in [0.717, 1.165) is 0 Å². The summed E-state index contributed by atoms with van der Waals surface area (Å²) in [5, 5.41) is 14.2. The Kier molecular flexibility index (Phi) is 5.52. The standard InChI is InChI=1S/C19H17ClN2O5/c1-24-14-7-5-4-6-12(14)18-21-19(27-22-18)13(20)8-11-9-15(25-2)17(23)16(10-11)26-3/h4-10,23H,1-3H3/b13-8-. The van der Waals surface area contributed by atoms with Crippen molar-refractivity contribution in [3.63, 3.8) is 0 Å². The average Bonchev–Trinajstić information content (AvgIpc) is 3.19. The fourth-order valence-corrected chi connectivity index (χ4v) is 2.67. The molecule has 7 nitrogen and oxygen atoms in total. The van der Waals surface area contributed by atoms with Gasteiger partial charge in [-0.15, -0.1) is 0 Å². The molecule has 3 rings (SSSR count). The van der Waals surface area contributed by atoms with E-state index >= 15 is 0 Å². The first kappa shape index (κ1) is 18.6. The van der Waals surface area contributed by atoms with E-state index in [0.29, 0.717) is 22.7 Å². The van der Waals surface area contributed by atoms with Crippen LogP contribution >= 0.6 is 11.6 Å². The summed E-state index contributed by atoms with van der Waals surface area (Å²) in [4.78, 5) is 4.32. The van der Waals surface area contributed by atoms with Crippen molar-refractivity contribution in [3.8, 4) is 34.4 Å². The Morgan fingerprint density at radius 3 is 2.30 bits per heavy atom. The number of phenols is 1. The molecule has 0 aliphatic rings. The van der Waals surface area contributed by atoms with E-state index in [4.69, 9.17) is 30.3 Å². The number of halogens is 1. The topological polar surface area (TPSA) is 86.8 Å². The molecule has 3 aromatic rings.